The number of rotatable bonds is 3. The lowest BCUT2D eigenvalue weighted by atomic mass is 10.2. The van der Waals surface area contributed by atoms with Gasteiger partial charge in [-0.05, 0) is 12.1 Å². The molecule has 0 amide bonds. The molecule has 1 aliphatic heterocycles. The van der Waals surface area contributed by atoms with Crippen molar-refractivity contribution in [2.45, 2.75) is 10.1 Å². The Morgan fingerprint density at radius 1 is 1.36 bits per heavy atom. The van der Waals surface area contributed by atoms with Gasteiger partial charge in [0.1, 0.15) is 5.84 Å². The van der Waals surface area contributed by atoms with Crippen LogP contribution < -0.4 is 5.73 Å². The van der Waals surface area contributed by atoms with Crippen molar-refractivity contribution in [3.05, 3.63) is 29.8 Å². The molecule has 1 aliphatic rings. The van der Waals surface area contributed by atoms with Crippen LogP contribution in [0.3, 0.4) is 0 Å². The van der Waals surface area contributed by atoms with Crippen LogP contribution in [-0.2, 0) is 4.74 Å². The minimum Gasteiger partial charge on any atom is -0.384 e. The number of hydrogen-bond acceptors (Lipinski definition) is 3. The number of ether oxygens (including phenoxy) is 1. The first kappa shape index (κ1) is 9.55. The second-order valence-electron chi connectivity index (χ2n) is 3.22. The standard InChI is InChI=1S/C10H12N2OS/c11-10(12)7-1-3-8(4-2-7)14-9-5-13-6-9/h1-4,9H,5-6H2,(H3,11,12). The highest BCUT2D eigenvalue weighted by Gasteiger charge is 2.19. The van der Waals surface area contributed by atoms with E-state index in [1.54, 1.807) is 0 Å². The van der Waals surface area contributed by atoms with Crippen molar-refractivity contribution in [3.63, 3.8) is 0 Å². The van der Waals surface area contributed by atoms with Gasteiger partial charge in [-0.3, -0.25) is 5.41 Å². The van der Waals surface area contributed by atoms with Gasteiger partial charge in [-0.1, -0.05) is 12.1 Å². The lowest BCUT2D eigenvalue weighted by molar-refractivity contribution is 0.0455. The SMILES string of the molecule is N=C(N)c1ccc(SC2COC2)cc1. The summed E-state index contributed by atoms with van der Waals surface area (Å²) >= 11 is 1.81. The number of benzene rings is 1. The summed E-state index contributed by atoms with van der Waals surface area (Å²) in [5.74, 6) is 0.119. The van der Waals surface area contributed by atoms with E-state index in [2.05, 4.69) is 0 Å². The highest BCUT2D eigenvalue weighted by molar-refractivity contribution is 8.00. The molecule has 0 aromatic heterocycles. The Morgan fingerprint density at radius 3 is 2.43 bits per heavy atom. The Balaban J connectivity index is 2.01. The van der Waals surface area contributed by atoms with Gasteiger partial charge in [-0.2, -0.15) is 0 Å². The summed E-state index contributed by atoms with van der Waals surface area (Å²) in [7, 11) is 0. The van der Waals surface area contributed by atoms with Crippen molar-refractivity contribution < 1.29 is 4.74 Å². The molecule has 1 aromatic carbocycles. The number of amidine groups is 1. The van der Waals surface area contributed by atoms with Gasteiger partial charge >= 0.3 is 0 Å². The lowest BCUT2D eigenvalue weighted by Gasteiger charge is -2.25. The minimum atomic E-state index is 0.119. The van der Waals surface area contributed by atoms with Crippen LogP contribution >= 0.6 is 11.8 Å². The van der Waals surface area contributed by atoms with E-state index in [1.165, 1.54) is 4.90 Å². The molecule has 3 nitrogen and oxygen atoms in total. The summed E-state index contributed by atoms with van der Waals surface area (Å²) in [6.45, 7) is 1.69. The third-order valence-corrected chi connectivity index (χ3v) is 3.23. The molecule has 1 aromatic rings. The molecule has 1 heterocycles. The van der Waals surface area contributed by atoms with Crippen LogP contribution in [0.2, 0.25) is 0 Å². The molecule has 1 saturated heterocycles. The topological polar surface area (TPSA) is 59.1 Å². The number of nitrogen functional groups attached to an aromatic ring is 1. The fourth-order valence-corrected chi connectivity index (χ4v) is 2.19. The fraction of sp³-hybridized carbons (Fsp3) is 0.300. The Hall–Kier alpha value is -1.00. The second kappa shape index (κ2) is 4.02. The van der Waals surface area contributed by atoms with Crippen LogP contribution in [0.4, 0.5) is 0 Å². The molecule has 0 spiro atoms. The quantitative estimate of drug-likeness (QED) is 0.584. The summed E-state index contributed by atoms with van der Waals surface area (Å²) in [5.41, 5.74) is 6.14. The molecular weight excluding hydrogens is 196 g/mol. The van der Waals surface area contributed by atoms with E-state index in [0.29, 0.717) is 5.25 Å². The third-order valence-electron chi connectivity index (χ3n) is 2.08. The molecule has 0 atom stereocenters. The van der Waals surface area contributed by atoms with Crippen molar-refractivity contribution >= 4 is 17.6 Å². The van der Waals surface area contributed by atoms with Crippen LogP contribution in [0.5, 0.6) is 0 Å². The van der Waals surface area contributed by atoms with Gasteiger partial charge in [0.15, 0.2) is 0 Å². The molecule has 0 unspecified atom stereocenters. The second-order valence-corrected chi connectivity index (χ2v) is 4.59. The zero-order valence-electron chi connectivity index (χ0n) is 7.69. The molecule has 0 saturated carbocycles. The van der Waals surface area contributed by atoms with E-state index in [0.717, 1.165) is 18.8 Å². The van der Waals surface area contributed by atoms with Crippen LogP contribution in [0, 0.1) is 5.41 Å². The van der Waals surface area contributed by atoms with E-state index in [-0.39, 0.29) is 5.84 Å². The molecule has 3 N–H and O–H groups in total. The summed E-state index contributed by atoms with van der Waals surface area (Å²) in [6, 6.07) is 7.76. The molecule has 74 valence electrons. The zero-order valence-corrected chi connectivity index (χ0v) is 8.51. The largest absolute Gasteiger partial charge is 0.384 e. The molecule has 14 heavy (non-hydrogen) atoms. The van der Waals surface area contributed by atoms with Crippen molar-refractivity contribution in [2.75, 3.05) is 13.2 Å². The van der Waals surface area contributed by atoms with Crippen LogP contribution in [0.1, 0.15) is 5.56 Å². The van der Waals surface area contributed by atoms with Crippen molar-refractivity contribution in [1.29, 1.82) is 5.41 Å². The highest BCUT2D eigenvalue weighted by atomic mass is 32.2. The van der Waals surface area contributed by atoms with Crippen LogP contribution in [0.15, 0.2) is 29.2 Å². The normalized spacial score (nSPS) is 16.3. The Labute approximate surface area is 87.1 Å². The van der Waals surface area contributed by atoms with E-state index in [1.807, 2.05) is 36.0 Å². The first-order valence-electron chi connectivity index (χ1n) is 4.44. The predicted molar refractivity (Wildman–Crippen MR) is 57.9 cm³/mol. The zero-order chi connectivity index (χ0) is 9.97. The minimum absolute atomic E-state index is 0.119. The van der Waals surface area contributed by atoms with E-state index in [9.17, 15) is 0 Å². The first-order chi connectivity index (χ1) is 6.75. The highest BCUT2D eigenvalue weighted by Crippen LogP contribution is 2.27. The van der Waals surface area contributed by atoms with Gasteiger partial charge in [0.2, 0.25) is 0 Å². The molecule has 2 rings (SSSR count). The van der Waals surface area contributed by atoms with Gasteiger partial charge in [0.05, 0.1) is 18.5 Å². The van der Waals surface area contributed by atoms with Gasteiger partial charge in [0, 0.05) is 10.5 Å². The molecule has 1 fully saturated rings. The average Bonchev–Trinajstić information content (AvgIpc) is 2.12. The molecule has 0 bridgehead atoms. The summed E-state index contributed by atoms with van der Waals surface area (Å²) in [5, 5.41) is 7.84. The maximum atomic E-state index is 7.25. The van der Waals surface area contributed by atoms with Gasteiger partial charge in [-0.25, -0.2) is 0 Å². The summed E-state index contributed by atoms with van der Waals surface area (Å²) < 4.78 is 5.09. The smallest absolute Gasteiger partial charge is 0.122 e. The molecular formula is C10H12N2OS. The molecule has 0 radical (unpaired) electrons. The van der Waals surface area contributed by atoms with Gasteiger partial charge in [0.25, 0.3) is 0 Å². The monoisotopic (exact) mass is 208 g/mol. The maximum absolute atomic E-state index is 7.25. The van der Waals surface area contributed by atoms with E-state index in [4.69, 9.17) is 15.9 Å². The van der Waals surface area contributed by atoms with Crippen LogP contribution in [0.25, 0.3) is 0 Å². The Kier molecular flexibility index (Phi) is 2.74. The third kappa shape index (κ3) is 2.08. The maximum Gasteiger partial charge on any atom is 0.122 e. The summed E-state index contributed by atoms with van der Waals surface area (Å²) in [4.78, 5) is 1.21. The van der Waals surface area contributed by atoms with Crippen molar-refractivity contribution in [2.24, 2.45) is 5.73 Å². The lowest BCUT2D eigenvalue weighted by Crippen LogP contribution is -2.29. The van der Waals surface area contributed by atoms with Crippen molar-refractivity contribution in [3.8, 4) is 0 Å². The van der Waals surface area contributed by atoms with Crippen LogP contribution in [-0.4, -0.2) is 24.3 Å². The fourth-order valence-electron chi connectivity index (χ4n) is 1.19. The molecule has 0 aliphatic carbocycles. The number of nitrogens with one attached hydrogen (secondary N) is 1. The summed E-state index contributed by atoms with van der Waals surface area (Å²) in [6.07, 6.45) is 0. The number of thioether (sulfide) groups is 1. The Bertz CT molecular complexity index is 332. The van der Waals surface area contributed by atoms with E-state index < -0.39 is 0 Å². The molecule has 4 heteroatoms. The average molecular weight is 208 g/mol. The number of hydrogen-bond donors (Lipinski definition) is 2. The van der Waals surface area contributed by atoms with Gasteiger partial charge in [-0.15, -0.1) is 11.8 Å². The van der Waals surface area contributed by atoms with Crippen molar-refractivity contribution in [1.82, 2.24) is 0 Å². The van der Waals surface area contributed by atoms with Gasteiger partial charge < -0.3 is 10.5 Å². The predicted octanol–water partition coefficient (Wildman–Crippen LogP) is 1.46. The Morgan fingerprint density at radius 2 is 2.00 bits per heavy atom. The van der Waals surface area contributed by atoms with E-state index >= 15 is 0 Å². The number of nitrogens with two attached hydrogens (primary N) is 1. The first-order valence-corrected chi connectivity index (χ1v) is 5.32.